The highest BCUT2D eigenvalue weighted by Gasteiger charge is 2.38. The van der Waals surface area contributed by atoms with E-state index >= 15 is 0 Å². The molecule has 0 aromatic heterocycles. The van der Waals surface area contributed by atoms with Crippen molar-refractivity contribution in [1.29, 1.82) is 0 Å². The lowest BCUT2D eigenvalue weighted by atomic mass is 9.72. The summed E-state index contributed by atoms with van der Waals surface area (Å²) >= 11 is 0. The molecule has 0 N–H and O–H groups in total. The number of nitrogens with zero attached hydrogens (tertiary/aromatic N) is 2. The molecule has 0 heterocycles. The molecule has 0 amide bonds. The van der Waals surface area contributed by atoms with Gasteiger partial charge in [0.15, 0.2) is 0 Å². The summed E-state index contributed by atoms with van der Waals surface area (Å²) in [5.41, 5.74) is 10.3. The Bertz CT molecular complexity index is 208. The van der Waals surface area contributed by atoms with Crippen LogP contribution in [0.15, 0.2) is 0 Å². The van der Waals surface area contributed by atoms with E-state index < -0.39 is 0 Å². The standard InChI is InChI=1S/C10H16N2/c11-12-9-3-7-10(8-4-9)5-1-2-6-10/h1-8H2. The SMILES string of the molecule is [N-]=[N+]=C1CCC2(CCCC2)CC1. The molecule has 0 radical (unpaired) electrons. The molecule has 66 valence electrons. The van der Waals surface area contributed by atoms with Crippen molar-refractivity contribution < 1.29 is 4.79 Å². The second-order valence-electron chi connectivity index (χ2n) is 4.37. The van der Waals surface area contributed by atoms with Gasteiger partial charge < -0.3 is 5.53 Å². The van der Waals surface area contributed by atoms with Gasteiger partial charge in [0.05, 0.1) is 0 Å². The molecule has 0 saturated heterocycles. The Balaban J connectivity index is 2.01. The molecule has 0 bridgehead atoms. The van der Waals surface area contributed by atoms with Crippen LogP contribution in [0.1, 0.15) is 51.4 Å². The molecule has 0 aliphatic heterocycles. The molecule has 2 saturated carbocycles. The van der Waals surface area contributed by atoms with Gasteiger partial charge in [0.25, 0.3) is 5.71 Å². The monoisotopic (exact) mass is 164 g/mol. The van der Waals surface area contributed by atoms with Gasteiger partial charge in [-0.15, -0.1) is 0 Å². The molecule has 0 atom stereocenters. The molecule has 0 aromatic rings. The van der Waals surface area contributed by atoms with Crippen molar-refractivity contribution in [2.75, 3.05) is 0 Å². The summed E-state index contributed by atoms with van der Waals surface area (Å²) in [6, 6.07) is 0. The zero-order valence-corrected chi connectivity index (χ0v) is 7.55. The summed E-state index contributed by atoms with van der Waals surface area (Å²) in [6.07, 6.45) is 10.3. The molecule has 0 aromatic carbocycles. The fraction of sp³-hybridized carbons (Fsp3) is 0.900. The first-order valence-electron chi connectivity index (χ1n) is 5.04. The Morgan fingerprint density at radius 2 is 1.58 bits per heavy atom. The van der Waals surface area contributed by atoms with Gasteiger partial charge in [-0.3, -0.25) is 0 Å². The molecule has 2 aliphatic carbocycles. The average Bonchev–Trinajstić information content (AvgIpc) is 2.55. The minimum Gasteiger partial charge on any atom is -0.362 e. The highest BCUT2D eigenvalue weighted by molar-refractivity contribution is 5.79. The second-order valence-corrected chi connectivity index (χ2v) is 4.37. The van der Waals surface area contributed by atoms with E-state index in [-0.39, 0.29) is 0 Å². The summed E-state index contributed by atoms with van der Waals surface area (Å²) in [7, 11) is 0. The molecular weight excluding hydrogens is 148 g/mol. The summed E-state index contributed by atoms with van der Waals surface area (Å²) in [4.78, 5) is 3.32. The van der Waals surface area contributed by atoms with Crippen molar-refractivity contribution in [3.8, 4) is 0 Å². The van der Waals surface area contributed by atoms with E-state index in [0.717, 1.165) is 18.6 Å². The van der Waals surface area contributed by atoms with Gasteiger partial charge in [0, 0.05) is 12.8 Å². The summed E-state index contributed by atoms with van der Waals surface area (Å²) in [5.74, 6) is 0. The van der Waals surface area contributed by atoms with E-state index in [1.807, 2.05) is 0 Å². The van der Waals surface area contributed by atoms with E-state index in [1.165, 1.54) is 38.5 Å². The normalized spacial score (nSPS) is 27.5. The van der Waals surface area contributed by atoms with Crippen molar-refractivity contribution in [3.05, 3.63) is 5.53 Å². The first-order chi connectivity index (χ1) is 5.85. The smallest absolute Gasteiger partial charge is 0.268 e. The molecule has 2 fully saturated rings. The maximum atomic E-state index is 8.61. The number of hydrogen-bond acceptors (Lipinski definition) is 0. The maximum Gasteiger partial charge on any atom is 0.268 e. The third kappa shape index (κ3) is 1.32. The van der Waals surface area contributed by atoms with Gasteiger partial charge in [-0.25, -0.2) is 0 Å². The van der Waals surface area contributed by atoms with Gasteiger partial charge in [-0.2, -0.15) is 4.79 Å². The molecule has 0 unspecified atom stereocenters. The van der Waals surface area contributed by atoms with E-state index in [1.54, 1.807) is 0 Å². The van der Waals surface area contributed by atoms with E-state index in [4.69, 9.17) is 5.53 Å². The Hall–Kier alpha value is -0.620. The predicted molar refractivity (Wildman–Crippen MR) is 48.0 cm³/mol. The first kappa shape index (κ1) is 8.00. The predicted octanol–water partition coefficient (Wildman–Crippen LogP) is 2.79. The highest BCUT2D eigenvalue weighted by Crippen LogP contribution is 2.47. The van der Waals surface area contributed by atoms with Crippen molar-refractivity contribution in [1.82, 2.24) is 0 Å². The Morgan fingerprint density at radius 1 is 1.00 bits per heavy atom. The minimum atomic E-state index is 0.661. The van der Waals surface area contributed by atoms with Crippen LogP contribution in [0, 0.1) is 5.41 Å². The second kappa shape index (κ2) is 3.02. The molecule has 2 aliphatic rings. The fourth-order valence-electron chi connectivity index (χ4n) is 2.79. The van der Waals surface area contributed by atoms with Gasteiger partial charge in [0.1, 0.15) is 0 Å². The van der Waals surface area contributed by atoms with Crippen LogP contribution in [0.3, 0.4) is 0 Å². The van der Waals surface area contributed by atoms with Crippen LogP contribution in [0.4, 0.5) is 0 Å². The van der Waals surface area contributed by atoms with E-state index in [9.17, 15) is 0 Å². The number of rotatable bonds is 0. The van der Waals surface area contributed by atoms with Gasteiger partial charge in [-0.1, -0.05) is 12.8 Å². The summed E-state index contributed by atoms with van der Waals surface area (Å²) in [6.45, 7) is 0. The van der Waals surface area contributed by atoms with E-state index in [2.05, 4.69) is 4.79 Å². The van der Waals surface area contributed by atoms with Crippen LogP contribution in [0.5, 0.6) is 0 Å². The molecule has 2 heteroatoms. The lowest BCUT2D eigenvalue weighted by Gasteiger charge is -2.31. The van der Waals surface area contributed by atoms with Crippen molar-refractivity contribution in [2.45, 2.75) is 51.4 Å². The van der Waals surface area contributed by atoms with Crippen LogP contribution in [-0.4, -0.2) is 10.5 Å². The Labute approximate surface area is 73.6 Å². The molecule has 2 rings (SSSR count). The number of hydrogen-bond donors (Lipinski definition) is 0. The third-order valence-corrected chi connectivity index (χ3v) is 3.69. The van der Waals surface area contributed by atoms with Gasteiger partial charge in [-0.05, 0) is 31.1 Å². The van der Waals surface area contributed by atoms with Crippen molar-refractivity contribution in [2.24, 2.45) is 5.41 Å². The Kier molecular flexibility index (Phi) is 2.02. The summed E-state index contributed by atoms with van der Waals surface area (Å²) in [5, 5.41) is 0. The van der Waals surface area contributed by atoms with Crippen LogP contribution in [-0.2, 0) is 0 Å². The quantitative estimate of drug-likeness (QED) is 0.390. The molecule has 1 spiro atoms. The van der Waals surface area contributed by atoms with Crippen molar-refractivity contribution >= 4 is 5.71 Å². The van der Waals surface area contributed by atoms with Crippen LogP contribution in [0.25, 0.3) is 5.53 Å². The van der Waals surface area contributed by atoms with Crippen LogP contribution >= 0.6 is 0 Å². The zero-order valence-electron chi connectivity index (χ0n) is 7.55. The Morgan fingerprint density at radius 3 is 2.08 bits per heavy atom. The highest BCUT2D eigenvalue weighted by atomic mass is 14.9. The zero-order chi connectivity index (χ0) is 8.44. The van der Waals surface area contributed by atoms with Crippen molar-refractivity contribution in [3.63, 3.8) is 0 Å². The largest absolute Gasteiger partial charge is 0.362 e. The topological polar surface area (TPSA) is 36.4 Å². The van der Waals surface area contributed by atoms with Gasteiger partial charge in [0.2, 0.25) is 0 Å². The third-order valence-electron chi connectivity index (χ3n) is 3.69. The van der Waals surface area contributed by atoms with Crippen LogP contribution in [0.2, 0.25) is 0 Å². The van der Waals surface area contributed by atoms with Gasteiger partial charge >= 0.3 is 0 Å². The summed E-state index contributed by atoms with van der Waals surface area (Å²) < 4.78 is 0. The lowest BCUT2D eigenvalue weighted by Crippen LogP contribution is -2.24. The first-order valence-corrected chi connectivity index (χ1v) is 5.04. The van der Waals surface area contributed by atoms with Crippen LogP contribution < -0.4 is 0 Å². The minimum absolute atomic E-state index is 0.661. The molecule has 2 nitrogen and oxygen atoms in total. The average molecular weight is 164 g/mol. The fourth-order valence-corrected chi connectivity index (χ4v) is 2.79. The maximum absolute atomic E-state index is 8.61. The van der Waals surface area contributed by atoms with E-state index in [0.29, 0.717) is 5.41 Å². The molecule has 12 heavy (non-hydrogen) atoms. The molecular formula is C10H16N2. The lowest BCUT2D eigenvalue weighted by molar-refractivity contribution is -0.0171.